The molecule has 0 radical (unpaired) electrons. The van der Waals surface area contributed by atoms with Crippen LogP contribution in [-0.4, -0.2) is 30.0 Å². The number of hydrogen-bond donors (Lipinski definition) is 3. The average Bonchev–Trinajstić information content (AvgIpc) is 2.74. The molecule has 0 spiro atoms. The summed E-state index contributed by atoms with van der Waals surface area (Å²) in [6, 6.07) is 9.29. The molecule has 0 aromatic heterocycles. The van der Waals surface area contributed by atoms with Gasteiger partial charge in [-0.1, -0.05) is 30.3 Å². The molecule has 4 heteroatoms. The number of aliphatic hydroxyl groups excluding tert-OH is 1. The second-order valence-corrected chi connectivity index (χ2v) is 5.51. The van der Waals surface area contributed by atoms with Crippen LogP contribution < -0.4 is 11.1 Å². The van der Waals surface area contributed by atoms with E-state index in [-0.39, 0.29) is 18.6 Å². The van der Waals surface area contributed by atoms with Crippen LogP contribution in [0.2, 0.25) is 0 Å². The second kappa shape index (κ2) is 4.30. The first kappa shape index (κ1) is 12.1. The minimum Gasteiger partial charge on any atom is -0.396 e. The van der Waals surface area contributed by atoms with Gasteiger partial charge in [-0.25, -0.2) is 4.39 Å². The van der Waals surface area contributed by atoms with Gasteiger partial charge in [0.15, 0.2) is 0 Å². The molecular weight excluding hydrogens is 231 g/mol. The first-order chi connectivity index (χ1) is 8.67. The van der Waals surface area contributed by atoms with Crippen LogP contribution in [0.4, 0.5) is 4.39 Å². The van der Waals surface area contributed by atoms with Crippen molar-refractivity contribution in [3.63, 3.8) is 0 Å². The van der Waals surface area contributed by atoms with Gasteiger partial charge in [0.25, 0.3) is 0 Å². The highest BCUT2D eigenvalue weighted by atomic mass is 19.1. The lowest BCUT2D eigenvalue weighted by Crippen LogP contribution is -2.62. The lowest BCUT2D eigenvalue weighted by atomic mass is 9.78. The summed E-state index contributed by atoms with van der Waals surface area (Å²) < 4.78 is 14.1. The van der Waals surface area contributed by atoms with Gasteiger partial charge in [-0.15, -0.1) is 0 Å². The largest absolute Gasteiger partial charge is 0.396 e. The van der Waals surface area contributed by atoms with E-state index < -0.39 is 17.8 Å². The molecule has 5 atom stereocenters. The molecule has 2 fully saturated rings. The molecule has 98 valence electrons. The number of piperidine rings is 1. The van der Waals surface area contributed by atoms with Crippen LogP contribution in [0.25, 0.3) is 0 Å². The molecule has 0 unspecified atom stereocenters. The number of nitrogens with two attached hydrogens (primary N) is 1. The van der Waals surface area contributed by atoms with Gasteiger partial charge in [0.05, 0.1) is 11.6 Å². The Bertz CT molecular complexity index is 427. The quantitative estimate of drug-likeness (QED) is 0.731. The summed E-state index contributed by atoms with van der Waals surface area (Å²) in [5.74, 6) is 0.0945. The van der Waals surface area contributed by atoms with E-state index >= 15 is 0 Å². The molecule has 0 amide bonds. The van der Waals surface area contributed by atoms with E-state index in [1.54, 1.807) is 0 Å². The van der Waals surface area contributed by atoms with E-state index in [0.29, 0.717) is 12.8 Å². The number of hydrogen-bond acceptors (Lipinski definition) is 3. The van der Waals surface area contributed by atoms with E-state index in [4.69, 9.17) is 5.73 Å². The average molecular weight is 250 g/mol. The number of alkyl halides is 1. The first-order valence-corrected chi connectivity index (χ1v) is 6.51. The van der Waals surface area contributed by atoms with Crippen molar-refractivity contribution in [2.24, 2.45) is 11.7 Å². The Hall–Kier alpha value is -0.970. The summed E-state index contributed by atoms with van der Waals surface area (Å²) in [5, 5.41) is 12.9. The molecule has 0 aliphatic carbocycles. The van der Waals surface area contributed by atoms with E-state index in [2.05, 4.69) is 5.32 Å². The van der Waals surface area contributed by atoms with Crippen LogP contribution in [0.5, 0.6) is 0 Å². The zero-order valence-electron chi connectivity index (χ0n) is 10.2. The molecule has 2 heterocycles. The Morgan fingerprint density at radius 2 is 2.11 bits per heavy atom. The van der Waals surface area contributed by atoms with Crippen molar-refractivity contribution in [2.75, 3.05) is 6.61 Å². The topological polar surface area (TPSA) is 58.3 Å². The van der Waals surface area contributed by atoms with Gasteiger partial charge < -0.3 is 16.2 Å². The maximum Gasteiger partial charge on any atom is 0.119 e. The maximum atomic E-state index is 14.1. The zero-order chi connectivity index (χ0) is 12.8. The van der Waals surface area contributed by atoms with Gasteiger partial charge in [0.2, 0.25) is 0 Å². The Kier molecular flexibility index (Phi) is 2.88. The molecule has 3 nitrogen and oxygen atoms in total. The predicted octanol–water partition coefficient (Wildman–Crippen LogP) is 0.921. The summed E-state index contributed by atoms with van der Waals surface area (Å²) in [6.45, 7) is 0.0890. The molecule has 18 heavy (non-hydrogen) atoms. The fourth-order valence-electron chi connectivity index (χ4n) is 3.57. The molecule has 1 aromatic carbocycles. The van der Waals surface area contributed by atoms with Gasteiger partial charge in [-0.2, -0.15) is 0 Å². The molecule has 3 rings (SSSR count). The Morgan fingerprint density at radius 1 is 1.39 bits per heavy atom. The molecular formula is C14H19FN2O. The maximum absolute atomic E-state index is 14.1. The number of nitrogens with one attached hydrogen (secondary N) is 1. The molecule has 2 aliphatic rings. The highest BCUT2D eigenvalue weighted by molar-refractivity contribution is 5.32. The van der Waals surface area contributed by atoms with Gasteiger partial charge in [0, 0.05) is 12.6 Å². The van der Waals surface area contributed by atoms with Crippen LogP contribution in [0.3, 0.4) is 0 Å². The number of aliphatic hydroxyl groups is 1. The van der Waals surface area contributed by atoms with E-state index in [0.717, 1.165) is 5.56 Å². The fourth-order valence-corrected chi connectivity index (χ4v) is 3.57. The predicted molar refractivity (Wildman–Crippen MR) is 67.7 cm³/mol. The van der Waals surface area contributed by atoms with E-state index in [9.17, 15) is 9.50 Å². The lowest BCUT2D eigenvalue weighted by Gasteiger charge is -2.42. The summed E-state index contributed by atoms with van der Waals surface area (Å²) in [6.07, 6.45) is 0.105. The molecule has 4 N–H and O–H groups in total. The third-order valence-electron chi connectivity index (χ3n) is 4.56. The van der Waals surface area contributed by atoms with Crippen LogP contribution >= 0.6 is 0 Å². The number of rotatable bonds is 2. The van der Waals surface area contributed by atoms with E-state index in [1.165, 1.54) is 0 Å². The van der Waals surface area contributed by atoms with Crippen molar-refractivity contribution in [3.8, 4) is 0 Å². The standard InChI is InChI=1S/C14H19FN2O/c15-11-6-12-9(8-18)7-14(17-12,13(11)16)10-4-2-1-3-5-10/h1-5,9,11-13,17-18H,6-8,16H2/t9-,11-,12-,13-,14+/m0/s1. The minimum atomic E-state index is -1.01. The molecule has 0 saturated carbocycles. The highest BCUT2D eigenvalue weighted by Gasteiger charge is 2.55. The van der Waals surface area contributed by atoms with Gasteiger partial charge >= 0.3 is 0 Å². The number of halogens is 1. The van der Waals surface area contributed by atoms with Gasteiger partial charge in [-0.3, -0.25) is 0 Å². The van der Waals surface area contributed by atoms with Crippen molar-refractivity contribution in [1.82, 2.24) is 5.32 Å². The van der Waals surface area contributed by atoms with Crippen molar-refractivity contribution in [1.29, 1.82) is 0 Å². The Morgan fingerprint density at radius 3 is 2.78 bits per heavy atom. The molecule has 2 saturated heterocycles. The third-order valence-corrected chi connectivity index (χ3v) is 4.56. The van der Waals surface area contributed by atoms with Gasteiger partial charge in [-0.05, 0) is 24.3 Å². The lowest BCUT2D eigenvalue weighted by molar-refractivity contribution is 0.123. The molecule has 2 aliphatic heterocycles. The summed E-state index contributed by atoms with van der Waals surface area (Å²) >= 11 is 0. The number of fused-ring (bicyclic) bond motifs is 2. The smallest absolute Gasteiger partial charge is 0.119 e. The van der Waals surface area contributed by atoms with Crippen molar-refractivity contribution in [2.45, 2.75) is 36.6 Å². The van der Waals surface area contributed by atoms with Crippen LogP contribution in [0.1, 0.15) is 18.4 Å². The summed E-state index contributed by atoms with van der Waals surface area (Å²) in [7, 11) is 0. The van der Waals surface area contributed by atoms with Crippen molar-refractivity contribution in [3.05, 3.63) is 35.9 Å². The molecule has 2 bridgehead atoms. The highest BCUT2D eigenvalue weighted by Crippen LogP contribution is 2.45. The SMILES string of the molecule is N[C@H]1[C@@H](F)C[C@@H]2N[C@@]1(c1ccccc1)C[C@H]2CO. The Balaban J connectivity index is 2.03. The first-order valence-electron chi connectivity index (χ1n) is 6.51. The number of benzene rings is 1. The Labute approximate surface area is 106 Å². The summed E-state index contributed by atoms with van der Waals surface area (Å²) in [4.78, 5) is 0. The van der Waals surface area contributed by atoms with Crippen LogP contribution in [-0.2, 0) is 5.54 Å². The van der Waals surface area contributed by atoms with Crippen molar-refractivity contribution >= 4 is 0 Å². The third kappa shape index (κ3) is 1.60. The van der Waals surface area contributed by atoms with Crippen LogP contribution in [0.15, 0.2) is 30.3 Å². The fraction of sp³-hybridized carbons (Fsp3) is 0.571. The second-order valence-electron chi connectivity index (χ2n) is 5.51. The zero-order valence-corrected chi connectivity index (χ0v) is 10.2. The van der Waals surface area contributed by atoms with E-state index in [1.807, 2.05) is 30.3 Å². The van der Waals surface area contributed by atoms with Gasteiger partial charge in [0.1, 0.15) is 6.17 Å². The minimum absolute atomic E-state index is 0.0324. The van der Waals surface area contributed by atoms with Crippen molar-refractivity contribution < 1.29 is 9.50 Å². The molecule has 1 aromatic rings. The monoisotopic (exact) mass is 250 g/mol. The normalized spacial score (nSPS) is 43.1. The van der Waals surface area contributed by atoms with Crippen LogP contribution in [0, 0.1) is 5.92 Å². The summed E-state index contributed by atoms with van der Waals surface area (Å²) in [5.41, 5.74) is 6.64.